The van der Waals surface area contributed by atoms with Crippen molar-refractivity contribution in [2.45, 2.75) is 0 Å². The molecule has 1 amide bonds. The Morgan fingerprint density at radius 3 is 2.52 bits per heavy atom. The Bertz CT molecular complexity index is 859. The monoisotopic (exact) mass is 313 g/mol. The van der Waals surface area contributed by atoms with E-state index in [1.807, 2.05) is 0 Å². The Kier molecular flexibility index (Phi) is 3.68. The van der Waals surface area contributed by atoms with Crippen LogP contribution in [0.25, 0.3) is 11.3 Å². The topological polar surface area (TPSA) is 98.2 Å². The van der Waals surface area contributed by atoms with Crippen molar-refractivity contribution in [2.24, 2.45) is 0 Å². The quantitative estimate of drug-likeness (QED) is 0.597. The Hall–Kier alpha value is -3.35. The minimum absolute atomic E-state index is 0.0731. The van der Waals surface area contributed by atoms with E-state index in [-0.39, 0.29) is 17.2 Å². The summed E-state index contributed by atoms with van der Waals surface area (Å²) >= 11 is 0. The molecule has 0 saturated carbocycles. The lowest BCUT2D eigenvalue weighted by molar-refractivity contribution is 0.102. The molecular weight excluding hydrogens is 301 g/mol. The van der Waals surface area contributed by atoms with E-state index in [2.05, 4.69) is 15.5 Å². The molecule has 0 spiro atoms. The highest BCUT2D eigenvalue weighted by Crippen LogP contribution is 2.31. The van der Waals surface area contributed by atoms with Gasteiger partial charge in [0.15, 0.2) is 0 Å². The van der Waals surface area contributed by atoms with Gasteiger partial charge in [0.05, 0.1) is 5.69 Å². The molecular formula is C16H12FN3O3. The number of benzene rings is 2. The third-order valence-electron chi connectivity index (χ3n) is 3.18. The van der Waals surface area contributed by atoms with Crippen molar-refractivity contribution in [3.05, 3.63) is 60.0 Å². The van der Waals surface area contributed by atoms with Crippen molar-refractivity contribution >= 4 is 11.6 Å². The van der Waals surface area contributed by atoms with Gasteiger partial charge in [-0.1, -0.05) is 0 Å². The van der Waals surface area contributed by atoms with Crippen LogP contribution in [0.2, 0.25) is 0 Å². The first-order valence-corrected chi connectivity index (χ1v) is 6.67. The van der Waals surface area contributed by atoms with Gasteiger partial charge in [-0.15, -0.1) is 0 Å². The molecule has 0 aliphatic rings. The number of aromatic nitrogens is 2. The second-order valence-electron chi connectivity index (χ2n) is 4.83. The summed E-state index contributed by atoms with van der Waals surface area (Å²) in [5.41, 5.74) is 1.35. The summed E-state index contributed by atoms with van der Waals surface area (Å²) in [6.07, 6.45) is 0. The van der Waals surface area contributed by atoms with E-state index < -0.39 is 11.7 Å². The smallest absolute Gasteiger partial charge is 0.273 e. The summed E-state index contributed by atoms with van der Waals surface area (Å²) in [6.45, 7) is 0. The molecule has 7 heteroatoms. The fourth-order valence-corrected chi connectivity index (χ4v) is 2.04. The molecule has 1 heterocycles. The van der Waals surface area contributed by atoms with Crippen molar-refractivity contribution < 1.29 is 19.4 Å². The SMILES string of the molecule is O=C(Nc1ccc(F)cc1)c1cc(-c2ccc(O)cc2O)n[nH]1. The molecule has 0 atom stereocenters. The molecule has 0 aliphatic carbocycles. The maximum Gasteiger partial charge on any atom is 0.273 e. The first kappa shape index (κ1) is 14.6. The second-order valence-corrected chi connectivity index (χ2v) is 4.83. The van der Waals surface area contributed by atoms with Crippen LogP contribution in [-0.2, 0) is 0 Å². The number of hydrogen-bond donors (Lipinski definition) is 4. The number of carbonyl (C=O) groups excluding carboxylic acids is 1. The number of rotatable bonds is 3. The van der Waals surface area contributed by atoms with E-state index in [9.17, 15) is 19.4 Å². The third-order valence-corrected chi connectivity index (χ3v) is 3.18. The predicted octanol–water partition coefficient (Wildman–Crippen LogP) is 2.88. The average Bonchev–Trinajstić information content (AvgIpc) is 2.99. The molecule has 0 aliphatic heterocycles. The predicted molar refractivity (Wildman–Crippen MR) is 81.7 cm³/mol. The number of H-pyrrole nitrogens is 1. The molecule has 0 unspecified atom stereocenters. The lowest BCUT2D eigenvalue weighted by Crippen LogP contribution is -2.12. The third kappa shape index (κ3) is 3.13. The fourth-order valence-electron chi connectivity index (χ4n) is 2.04. The number of aromatic hydroxyl groups is 2. The van der Waals surface area contributed by atoms with Crippen molar-refractivity contribution in [1.29, 1.82) is 0 Å². The molecule has 4 N–H and O–H groups in total. The zero-order valence-corrected chi connectivity index (χ0v) is 11.7. The molecule has 116 valence electrons. The molecule has 0 radical (unpaired) electrons. The number of nitrogens with zero attached hydrogens (tertiary/aromatic N) is 1. The summed E-state index contributed by atoms with van der Waals surface area (Å²) in [5, 5.41) is 28.2. The Morgan fingerprint density at radius 2 is 1.83 bits per heavy atom. The van der Waals surface area contributed by atoms with Crippen LogP contribution in [0.1, 0.15) is 10.5 Å². The molecule has 0 saturated heterocycles. The molecule has 2 aromatic carbocycles. The highest BCUT2D eigenvalue weighted by Gasteiger charge is 2.14. The first-order chi connectivity index (χ1) is 11.0. The summed E-state index contributed by atoms with van der Waals surface area (Å²) in [7, 11) is 0. The maximum absolute atomic E-state index is 12.8. The summed E-state index contributed by atoms with van der Waals surface area (Å²) in [5.74, 6) is -1.07. The number of nitrogens with one attached hydrogen (secondary N) is 2. The van der Waals surface area contributed by atoms with Crippen LogP contribution in [0, 0.1) is 5.82 Å². The number of carbonyl (C=O) groups is 1. The van der Waals surface area contributed by atoms with Gasteiger partial charge in [-0.2, -0.15) is 5.10 Å². The number of halogens is 1. The van der Waals surface area contributed by atoms with E-state index in [0.717, 1.165) is 0 Å². The van der Waals surface area contributed by atoms with Gasteiger partial charge in [-0.25, -0.2) is 4.39 Å². The Labute approximate surface area is 130 Å². The van der Waals surface area contributed by atoms with Crippen LogP contribution in [0.5, 0.6) is 11.5 Å². The number of amides is 1. The Morgan fingerprint density at radius 1 is 1.09 bits per heavy atom. The molecule has 1 aromatic heterocycles. The normalized spacial score (nSPS) is 10.5. The molecule has 0 fully saturated rings. The lowest BCUT2D eigenvalue weighted by atomic mass is 10.1. The number of phenolic OH excluding ortho intramolecular Hbond substituents is 2. The van der Waals surface area contributed by atoms with Gasteiger partial charge >= 0.3 is 0 Å². The van der Waals surface area contributed by atoms with Gasteiger partial charge in [0, 0.05) is 17.3 Å². The summed E-state index contributed by atoms with van der Waals surface area (Å²) in [4.78, 5) is 12.1. The molecule has 0 bridgehead atoms. The standard InChI is InChI=1S/C16H12FN3O3/c17-9-1-3-10(4-2-9)18-16(23)14-8-13(19-20-14)12-6-5-11(21)7-15(12)22/h1-8,21-22H,(H,18,23)(H,19,20). The number of aromatic amines is 1. The lowest BCUT2D eigenvalue weighted by Gasteiger charge is -2.02. The van der Waals surface area contributed by atoms with Crippen LogP contribution >= 0.6 is 0 Å². The largest absolute Gasteiger partial charge is 0.508 e. The van der Waals surface area contributed by atoms with E-state index in [0.29, 0.717) is 16.9 Å². The van der Waals surface area contributed by atoms with Crippen LogP contribution < -0.4 is 5.32 Å². The summed E-state index contributed by atoms with van der Waals surface area (Å²) < 4.78 is 12.8. The minimum atomic E-state index is -0.450. The Balaban J connectivity index is 1.81. The van der Waals surface area contributed by atoms with E-state index in [1.54, 1.807) is 0 Å². The van der Waals surface area contributed by atoms with Crippen LogP contribution in [0.15, 0.2) is 48.5 Å². The van der Waals surface area contributed by atoms with Gasteiger partial charge in [0.2, 0.25) is 0 Å². The molecule has 3 aromatic rings. The molecule has 3 rings (SSSR count). The van der Waals surface area contributed by atoms with Gasteiger partial charge < -0.3 is 15.5 Å². The van der Waals surface area contributed by atoms with Gasteiger partial charge in [-0.3, -0.25) is 9.89 Å². The molecule has 6 nitrogen and oxygen atoms in total. The number of anilines is 1. The van der Waals surface area contributed by atoms with Gasteiger partial charge in [-0.05, 0) is 42.5 Å². The molecule has 23 heavy (non-hydrogen) atoms. The van der Waals surface area contributed by atoms with Gasteiger partial charge in [0.25, 0.3) is 5.91 Å². The highest BCUT2D eigenvalue weighted by atomic mass is 19.1. The van der Waals surface area contributed by atoms with Crippen LogP contribution in [0.4, 0.5) is 10.1 Å². The van der Waals surface area contributed by atoms with E-state index in [1.165, 1.54) is 48.5 Å². The van der Waals surface area contributed by atoms with Gasteiger partial charge in [0.1, 0.15) is 23.0 Å². The van der Waals surface area contributed by atoms with Crippen molar-refractivity contribution in [1.82, 2.24) is 10.2 Å². The van der Waals surface area contributed by atoms with Crippen molar-refractivity contribution in [2.75, 3.05) is 5.32 Å². The average molecular weight is 313 g/mol. The van der Waals surface area contributed by atoms with E-state index >= 15 is 0 Å². The van der Waals surface area contributed by atoms with Crippen LogP contribution in [-0.4, -0.2) is 26.3 Å². The van der Waals surface area contributed by atoms with E-state index in [4.69, 9.17) is 0 Å². The van der Waals surface area contributed by atoms with Crippen molar-refractivity contribution in [3.8, 4) is 22.8 Å². The zero-order valence-electron chi connectivity index (χ0n) is 11.7. The first-order valence-electron chi connectivity index (χ1n) is 6.67. The highest BCUT2D eigenvalue weighted by molar-refractivity contribution is 6.03. The van der Waals surface area contributed by atoms with Crippen molar-refractivity contribution in [3.63, 3.8) is 0 Å². The number of phenols is 2. The maximum atomic E-state index is 12.8. The minimum Gasteiger partial charge on any atom is -0.508 e. The summed E-state index contributed by atoms with van der Waals surface area (Å²) in [6, 6.07) is 10.9. The fraction of sp³-hybridized carbons (Fsp3) is 0. The zero-order chi connectivity index (χ0) is 16.4. The second kappa shape index (κ2) is 5.80. The number of hydrogen-bond acceptors (Lipinski definition) is 4. The van der Waals surface area contributed by atoms with Crippen LogP contribution in [0.3, 0.4) is 0 Å².